The van der Waals surface area contributed by atoms with Gasteiger partial charge in [-0.2, -0.15) is 0 Å². The first-order valence-corrected chi connectivity index (χ1v) is 8.13. The smallest absolute Gasteiger partial charge is 0.244 e. The standard InChI is InChI=1S/C16H19FN6O2/c17-14-4-2-1-3-13(14)5-6-15(24)21-7-9-22(10-8-21)16(25)11-23-12-18-19-20-23/h1-4,12H,5-11H2. The number of rotatable bonds is 5. The molecule has 0 saturated carbocycles. The van der Waals surface area contributed by atoms with Crippen LogP contribution in [-0.2, 0) is 22.6 Å². The van der Waals surface area contributed by atoms with Crippen LogP contribution >= 0.6 is 0 Å². The number of nitrogens with zero attached hydrogens (tertiary/aromatic N) is 6. The molecule has 132 valence electrons. The van der Waals surface area contributed by atoms with E-state index in [4.69, 9.17) is 0 Å². The number of halogens is 1. The first-order valence-electron chi connectivity index (χ1n) is 8.13. The molecule has 3 rings (SSSR count). The van der Waals surface area contributed by atoms with Crippen molar-refractivity contribution >= 4 is 11.8 Å². The Balaban J connectivity index is 1.44. The second kappa shape index (κ2) is 7.82. The first kappa shape index (κ1) is 17.0. The normalized spacial score (nSPS) is 14.6. The van der Waals surface area contributed by atoms with Crippen molar-refractivity contribution in [2.24, 2.45) is 0 Å². The van der Waals surface area contributed by atoms with Crippen LogP contribution in [0.3, 0.4) is 0 Å². The van der Waals surface area contributed by atoms with Crippen LogP contribution in [0.2, 0.25) is 0 Å². The van der Waals surface area contributed by atoms with Gasteiger partial charge in [0.25, 0.3) is 0 Å². The third-order valence-corrected chi connectivity index (χ3v) is 4.24. The molecule has 0 N–H and O–H groups in total. The summed E-state index contributed by atoms with van der Waals surface area (Å²) in [5.41, 5.74) is 0.547. The molecule has 0 radical (unpaired) electrons. The van der Waals surface area contributed by atoms with Gasteiger partial charge in [0.05, 0.1) is 0 Å². The van der Waals surface area contributed by atoms with Crippen LogP contribution in [0.25, 0.3) is 0 Å². The van der Waals surface area contributed by atoms with Crippen LogP contribution in [0.5, 0.6) is 0 Å². The molecule has 1 aromatic heterocycles. The van der Waals surface area contributed by atoms with Gasteiger partial charge in [-0.3, -0.25) is 9.59 Å². The zero-order valence-corrected chi connectivity index (χ0v) is 13.7. The first-order chi connectivity index (χ1) is 12.1. The fraction of sp³-hybridized carbons (Fsp3) is 0.438. The summed E-state index contributed by atoms with van der Waals surface area (Å²) in [6, 6.07) is 6.48. The van der Waals surface area contributed by atoms with Crippen LogP contribution in [0.1, 0.15) is 12.0 Å². The summed E-state index contributed by atoms with van der Waals surface area (Å²) in [5.74, 6) is -0.380. The monoisotopic (exact) mass is 346 g/mol. The lowest BCUT2D eigenvalue weighted by Gasteiger charge is -2.34. The third kappa shape index (κ3) is 4.37. The number of piperazine rings is 1. The maximum atomic E-state index is 13.6. The van der Waals surface area contributed by atoms with Gasteiger partial charge in [0.1, 0.15) is 18.7 Å². The van der Waals surface area contributed by atoms with Gasteiger partial charge < -0.3 is 9.80 Å². The van der Waals surface area contributed by atoms with Crippen molar-refractivity contribution in [1.29, 1.82) is 0 Å². The molecule has 1 aromatic carbocycles. The molecule has 2 aromatic rings. The summed E-state index contributed by atoms with van der Waals surface area (Å²) >= 11 is 0. The molecular formula is C16H19FN6O2. The lowest BCUT2D eigenvalue weighted by atomic mass is 10.1. The van der Waals surface area contributed by atoms with Crippen molar-refractivity contribution in [3.05, 3.63) is 42.0 Å². The van der Waals surface area contributed by atoms with E-state index in [9.17, 15) is 14.0 Å². The number of benzene rings is 1. The maximum absolute atomic E-state index is 13.6. The van der Waals surface area contributed by atoms with Gasteiger partial charge in [0.2, 0.25) is 11.8 Å². The van der Waals surface area contributed by atoms with Gasteiger partial charge >= 0.3 is 0 Å². The number of amides is 2. The number of carbonyl (C=O) groups is 2. The van der Waals surface area contributed by atoms with E-state index in [1.165, 1.54) is 17.1 Å². The van der Waals surface area contributed by atoms with Gasteiger partial charge in [-0.1, -0.05) is 18.2 Å². The van der Waals surface area contributed by atoms with Crippen LogP contribution in [0, 0.1) is 5.82 Å². The van der Waals surface area contributed by atoms with E-state index in [1.54, 1.807) is 28.0 Å². The second-order valence-corrected chi connectivity index (χ2v) is 5.86. The molecule has 0 aliphatic carbocycles. The third-order valence-electron chi connectivity index (χ3n) is 4.24. The van der Waals surface area contributed by atoms with E-state index in [2.05, 4.69) is 15.5 Å². The SMILES string of the molecule is O=C(CCc1ccccc1F)N1CCN(C(=O)Cn2cnnn2)CC1. The van der Waals surface area contributed by atoms with Crippen molar-refractivity contribution in [3.63, 3.8) is 0 Å². The molecule has 1 fully saturated rings. The minimum Gasteiger partial charge on any atom is -0.339 e. The summed E-state index contributed by atoms with van der Waals surface area (Å²) in [6.45, 7) is 2.02. The Morgan fingerprint density at radius 1 is 1.04 bits per heavy atom. The highest BCUT2D eigenvalue weighted by Gasteiger charge is 2.24. The molecule has 25 heavy (non-hydrogen) atoms. The molecule has 8 nitrogen and oxygen atoms in total. The zero-order chi connectivity index (χ0) is 17.6. The highest BCUT2D eigenvalue weighted by Crippen LogP contribution is 2.11. The van der Waals surface area contributed by atoms with Gasteiger partial charge in [-0.05, 0) is 28.5 Å². The molecule has 2 amide bonds. The van der Waals surface area contributed by atoms with Crippen molar-refractivity contribution in [2.45, 2.75) is 19.4 Å². The number of hydrogen-bond acceptors (Lipinski definition) is 5. The Morgan fingerprint density at radius 3 is 2.36 bits per heavy atom. The average molecular weight is 346 g/mol. The molecule has 1 aliphatic rings. The Labute approximate surface area is 144 Å². The lowest BCUT2D eigenvalue weighted by molar-refractivity contribution is -0.140. The lowest BCUT2D eigenvalue weighted by Crippen LogP contribution is -2.51. The van der Waals surface area contributed by atoms with Gasteiger partial charge in [0, 0.05) is 32.6 Å². The fourth-order valence-corrected chi connectivity index (χ4v) is 2.80. The quantitative estimate of drug-likeness (QED) is 0.768. The highest BCUT2D eigenvalue weighted by molar-refractivity contribution is 5.78. The maximum Gasteiger partial charge on any atom is 0.244 e. The zero-order valence-electron chi connectivity index (χ0n) is 13.7. The van der Waals surface area contributed by atoms with Crippen LogP contribution in [0.4, 0.5) is 4.39 Å². The molecule has 2 heterocycles. The van der Waals surface area contributed by atoms with Crippen molar-refractivity contribution in [3.8, 4) is 0 Å². The van der Waals surface area contributed by atoms with E-state index in [0.29, 0.717) is 38.2 Å². The number of aromatic nitrogens is 4. The molecule has 1 aliphatic heterocycles. The summed E-state index contributed by atoms with van der Waals surface area (Å²) in [7, 11) is 0. The van der Waals surface area contributed by atoms with Crippen LogP contribution in [-0.4, -0.2) is 68.0 Å². The topological polar surface area (TPSA) is 84.2 Å². The molecule has 0 bridgehead atoms. The molecule has 9 heteroatoms. The largest absolute Gasteiger partial charge is 0.339 e. The van der Waals surface area contributed by atoms with Crippen molar-refractivity contribution < 1.29 is 14.0 Å². The molecule has 1 saturated heterocycles. The van der Waals surface area contributed by atoms with E-state index in [0.717, 1.165) is 0 Å². The van der Waals surface area contributed by atoms with Gasteiger partial charge in [-0.15, -0.1) is 5.10 Å². The Kier molecular flexibility index (Phi) is 5.32. The Morgan fingerprint density at radius 2 is 1.72 bits per heavy atom. The number of hydrogen-bond donors (Lipinski definition) is 0. The highest BCUT2D eigenvalue weighted by atomic mass is 19.1. The average Bonchev–Trinajstić information content (AvgIpc) is 3.14. The predicted molar refractivity (Wildman–Crippen MR) is 85.7 cm³/mol. The summed E-state index contributed by atoms with van der Waals surface area (Å²) in [4.78, 5) is 27.9. The minimum absolute atomic E-state index is 0.0178. The predicted octanol–water partition coefficient (Wildman–Crippen LogP) is 0.116. The van der Waals surface area contributed by atoms with Gasteiger partial charge in [-0.25, -0.2) is 9.07 Å². The van der Waals surface area contributed by atoms with Crippen LogP contribution in [0.15, 0.2) is 30.6 Å². The second-order valence-electron chi connectivity index (χ2n) is 5.86. The Bertz CT molecular complexity index is 728. The summed E-state index contributed by atoms with van der Waals surface area (Å²) in [6.07, 6.45) is 2.03. The van der Waals surface area contributed by atoms with Crippen molar-refractivity contribution in [1.82, 2.24) is 30.0 Å². The molecular weight excluding hydrogens is 327 g/mol. The fourth-order valence-electron chi connectivity index (χ4n) is 2.80. The van der Waals surface area contributed by atoms with Gasteiger partial charge in [0.15, 0.2) is 0 Å². The number of aryl methyl sites for hydroxylation is 1. The molecule has 0 atom stereocenters. The van der Waals surface area contributed by atoms with E-state index in [1.807, 2.05) is 0 Å². The van der Waals surface area contributed by atoms with Crippen LogP contribution < -0.4 is 0 Å². The van der Waals surface area contributed by atoms with E-state index in [-0.39, 0.29) is 30.6 Å². The van der Waals surface area contributed by atoms with Crippen molar-refractivity contribution in [2.75, 3.05) is 26.2 Å². The van der Waals surface area contributed by atoms with E-state index >= 15 is 0 Å². The number of carbonyl (C=O) groups excluding carboxylic acids is 2. The number of tetrazole rings is 1. The summed E-state index contributed by atoms with van der Waals surface area (Å²) < 4.78 is 15.0. The van der Waals surface area contributed by atoms with E-state index < -0.39 is 0 Å². The molecule has 0 spiro atoms. The summed E-state index contributed by atoms with van der Waals surface area (Å²) in [5, 5.41) is 10.6. The minimum atomic E-state index is -0.284. The Hall–Kier alpha value is -2.84. The molecule has 0 unspecified atom stereocenters.